The summed E-state index contributed by atoms with van der Waals surface area (Å²) >= 11 is 0. The van der Waals surface area contributed by atoms with Gasteiger partial charge in [-0.15, -0.1) is 24.0 Å². The molecule has 0 amide bonds. The van der Waals surface area contributed by atoms with Gasteiger partial charge in [-0.3, -0.25) is 9.89 Å². The first kappa shape index (κ1) is 25.0. The van der Waals surface area contributed by atoms with Crippen LogP contribution >= 0.6 is 24.0 Å². The van der Waals surface area contributed by atoms with Gasteiger partial charge in [-0.25, -0.2) is 0 Å². The molecule has 1 N–H and O–H groups in total. The van der Waals surface area contributed by atoms with Gasteiger partial charge in [-0.1, -0.05) is 19.1 Å². The summed E-state index contributed by atoms with van der Waals surface area (Å²) < 4.78 is 43.3. The number of ether oxygens (including phenoxy) is 1. The highest BCUT2D eigenvalue weighted by Gasteiger charge is 2.30. The zero-order valence-corrected chi connectivity index (χ0v) is 19.0. The molecule has 0 aromatic heterocycles. The molecule has 1 fully saturated rings. The van der Waals surface area contributed by atoms with E-state index in [2.05, 4.69) is 22.1 Å². The summed E-state index contributed by atoms with van der Waals surface area (Å²) in [5, 5.41) is 3.35. The van der Waals surface area contributed by atoms with Crippen LogP contribution in [0.4, 0.5) is 13.2 Å². The Morgan fingerprint density at radius 1 is 1.25 bits per heavy atom. The Bertz CT molecular complexity index is 604. The molecule has 0 spiro atoms. The third-order valence-electron chi connectivity index (χ3n) is 4.56. The molecule has 1 aliphatic rings. The van der Waals surface area contributed by atoms with Gasteiger partial charge in [0.2, 0.25) is 0 Å². The monoisotopic (exact) mass is 514 g/mol. The van der Waals surface area contributed by atoms with Crippen LogP contribution in [0.15, 0.2) is 29.3 Å². The van der Waals surface area contributed by atoms with Crippen LogP contribution < -0.4 is 5.32 Å². The Balaban J connectivity index is 0.00000392. The van der Waals surface area contributed by atoms with E-state index < -0.39 is 11.7 Å². The van der Waals surface area contributed by atoms with Crippen LogP contribution in [-0.2, 0) is 17.5 Å². The van der Waals surface area contributed by atoms with Gasteiger partial charge in [-0.05, 0) is 23.6 Å². The number of nitrogens with zero attached hydrogens (tertiary/aromatic N) is 3. The summed E-state index contributed by atoms with van der Waals surface area (Å²) in [4.78, 5) is 8.58. The molecule has 0 radical (unpaired) electrons. The van der Waals surface area contributed by atoms with Crippen LogP contribution in [0.2, 0.25) is 0 Å². The predicted molar refractivity (Wildman–Crippen MR) is 116 cm³/mol. The molecule has 0 bridgehead atoms. The van der Waals surface area contributed by atoms with Crippen LogP contribution in [0, 0.1) is 5.92 Å². The molecule has 1 aliphatic heterocycles. The maximum Gasteiger partial charge on any atom is 0.416 e. The number of rotatable bonds is 6. The fourth-order valence-electron chi connectivity index (χ4n) is 3.09. The summed E-state index contributed by atoms with van der Waals surface area (Å²) in [6.45, 7) is 7.95. The topological polar surface area (TPSA) is 40.1 Å². The van der Waals surface area contributed by atoms with E-state index in [1.807, 2.05) is 11.9 Å². The molecule has 0 aliphatic carbocycles. The van der Waals surface area contributed by atoms with E-state index in [1.165, 1.54) is 12.1 Å². The van der Waals surface area contributed by atoms with Crippen molar-refractivity contribution in [2.24, 2.45) is 10.9 Å². The van der Waals surface area contributed by atoms with Gasteiger partial charge in [-0.2, -0.15) is 13.2 Å². The van der Waals surface area contributed by atoms with Crippen molar-refractivity contribution in [3.05, 3.63) is 35.4 Å². The summed E-state index contributed by atoms with van der Waals surface area (Å²) in [6, 6.07) is 5.24. The van der Waals surface area contributed by atoms with Crippen molar-refractivity contribution < 1.29 is 17.9 Å². The highest BCUT2D eigenvalue weighted by Crippen LogP contribution is 2.29. The maximum atomic E-state index is 12.7. The second-order valence-electron chi connectivity index (χ2n) is 7.00. The lowest BCUT2D eigenvalue weighted by Gasteiger charge is -2.30. The Kier molecular flexibility index (Phi) is 10.5. The van der Waals surface area contributed by atoms with E-state index in [1.54, 1.807) is 7.05 Å². The number of hydrogen-bond donors (Lipinski definition) is 1. The number of hydrogen-bond acceptors (Lipinski definition) is 3. The van der Waals surface area contributed by atoms with Gasteiger partial charge in [0.15, 0.2) is 5.96 Å². The number of nitrogens with one attached hydrogen (secondary N) is 1. The molecule has 1 saturated heterocycles. The number of guanidine groups is 1. The highest BCUT2D eigenvalue weighted by molar-refractivity contribution is 14.0. The molecule has 5 nitrogen and oxygen atoms in total. The van der Waals surface area contributed by atoms with Crippen molar-refractivity contribution in [3.63, 3.8) is 0 Å². The zero-order valence-electron chi connectivity index (χ0n) is 16.6. The fraction of sp³-hybridized carbons (Fsp3) is 0.632. The van der Waals surface area contributed by atoms with Gasteiger partial charge >= 0.3 is 6.18 Å². The van der Waals surface area contributed by atoms with Crippen molar-refractivity contribution in [1.29, 1.82) is 0 Å². The molecule has 1 atom stereocenters. The Labute approximate surface area is 182 Å². The summed E-state index contributed by atoms with van der Waals surface area (Å²) in [7, 11) is 3.58. The Morgan fingerprint density at radius 3 is 2.39 bits per heavy atom. The lowest BCUT2D eigenvalue weighted by Crippen LogP contribution is -2.44. The maximum absolute atomic E-state index is 12.7. The van der Waals surface area contributed by atoms with Gasteiger partial charge in [0.05, 0.1) is 18.8 Å². The molecule has 2 rings (SSSR count). The van der Waals surface area contributed by atoms with Crippen LogP contribution in [0.5, 0.6) is 0 Å². The second-order valence-corrected chi connectivity index (χ2v) is 7.00. The molecular formula is C19H30F3IN4O. The smallest absolute Gasteiger partial charge is 0.379 e. The normalized spacial score (nSPS) is 17.0. The van der Waals surface area contributed by atoms with Gasteiger partial charge < -0.3 is 15.0 Å². The first-order valence-corrected chi connectivity index (χ1v) is 9.17. The second kappa shape index (κ2) is 11.8. The van der Waals surface area contributed by atoms with E-state index in [4.69, 9.17) is 4.74 Å². The average molecular weight is 514 g/mol. The van der Waals surface area contributed by atoms with E-state index in [0.717, 1.165) is 63.0 Å². The lowest BCUT2D eigenvalue weighted by molar-refractivity contribution is -0.137. The molecule has 28 heavy (non-hydrogen) atoms. The number of morpholine rings is 1. The van der Waals surface area contributed by atoms with E-state index in [-0.39, 0.29) is 24.0 Å². The molecule has 1 aromatic rings. The minimum atomic E-state index is -4.31. The SMILES string of the molecule is CN=C(NCC(C)CN1CCOCC1)N(C)Cc1ccc(C(F)(F)F)cc1.I. The Hall–Kier alpha value is -1.07. The molecule has 0 saturated carbocycles. The number of benzene rings is 1. The van der Waals surface area contributed by atoms with Crippen molar-refractivity contribution in [3.8, 4) is 0 Å². The molecule has 1 aromatic carbocycles. The number of aliphatic imine (C=N–C) groups is 1. The van der Waals surface area contributed by atoms with Crippen molar-refractivity contribution >= 4 is 29.9 Å². The van der Waals surface area contributed by atoms with Gasteiger partial charge in [0.1, 0.15) is 0 Å². The third kappa shape index (κ3) is 8.12. The fourth-order valence-corrected chi connectivity index (χ4v) is 3.09. The van der Waals surface area contributed by atoms with Gasteiger partial charge in [0.25, 0.3) is 0 Å². The molecular weight excluding hydrogens is 484 g/mol. The lowest BCUT2D eigenvalue weighted by atomic mass is 10.1. The van der Waals surface area contributed by atoms with Crippen LogP contribution in [0.3, 0.4) is 0 Å². The largest absolute Gasteiger partial charge is 0.416 e. The van der Waals surface area contributed by atoms with E-state index >= 15 is 0 Å². The van der Waals surface area contributed by atoms with Crippen LogP contribution in [0.1, 0.15) is 18.1 Å². The zero-order chi connectivity index (χ0) is 19.9. The van der Waals surface area contributed by atoms with Crippen LogP contribution in [-0.4, -0.2) is 69.2 Å². The predicted octanol–water partition coefficient (Wildman–Crippen LogP) is 3.30. The quantitative estimate of drug-likeness (QED) is 0.360. The average Bonchev–Trinajstić information content (AvgIpc) is 2.62. The summed E-state index contributed by atoms with van der Waals surface area (Å²) in [5.74, 6) is 1.17. The first-order chi connectivity index (χ1) is 12.8. The van der Waals surface area contributed by atoms with Gasteiger partial charge in [0, 0.05) is 46.8 Å². The molecule has 1 unspecified atom stereocenters. The summed E-state index contributed by atoms with van der Waals surface area (Å²) in [5.41, 5.74) is 0.170. The van der Waals surface area contributed by atoms with Crippen LogP contribution in [0.25, 0.3) is 0 Å². The first-order valence-electron chi connectivity index (χ1n) is 9.17. The minimum Gasteiger partial charge on any atom is -0.379 e. The third-order valence-corrected chi connectivity index (χ3v) is 4.56. The Morgan fingerprint density at radius 2 is 1.86 bits per heavy atom. The number of halogens is 4. The molecule has 1 heterocycles. The summed E-state index contributed by atoms with van der Waals surface area (Å²) in [6.07, 6.45) is -4.31. The standard InChI is InChI=1S/C19H29F3N4O.HI/c1-15(13-26-8-10-27-11-9-26)12-24-18(23-2)25(3)14-16-4-6-17(7-5-16)19(20,21)22;/h4-7,15H,8-14H2,1-3H3,(H,23,24);1H. The molecule has 160 valence electrons. The highest BCUT2D eigenvalue weighted by atomic mass is 127. The minimum absolute atomic E-state index is 0. The van der Waals surface area contributed by atoms with E-state index in [9.17, 15) is 13.2 Å². The van der Waals surface area contributed by atoms with E-state index in [0.29, 0.717) is 12.5 Å². The van der Waals surface area contributed by atoms with Crippen molar-refractivity contribution in [2.75, 3.05) is 53.5 Å². The molecule has 9 heteroatoms. The van der Waals surface area contributed by atoms with Crippen molar-refractivity contribution in [2.45, 2.75) is 19.6 Å². The number of alkyl halides is 3. The van der Waals surface area contributed by atoms with Crippen molar-refractivity contribution in [1.82, 2.24) is 15.1 Å².